The zero-order valence-electron chi connectivity index (χ0n) is 20.4. The van der Waals surface area contributed by atoms with Gasteiger partial charge >= 0.3 is 12.1 Å². The van der Waals surface area contributed by atoms with E-state index in [-0.39, 0.29) is 23.7 Å². The molecule has 1 atom stereocenters. The van der Waals surface area contributed by atoms with Crippen LogP contribution >= 0.6 is 0 Å². The second-order valence-electron chi connectivity index (χ2n) is 10.2. The summed E-state index contributed by atoms with van der Waals surface area (Å²) in [7, 11) is 0. The second kappa shape index (κ2) is 10.9. The maximum Gasteiger partial charge on any atom is 0.407 e. The van der Waals surface area contributed by atoms with E-state index in [4.69, 9.17) is 9.47 Å². The minimum absolute atomic E-state index is 0.0316. The molecule has 1 fully saturated rings. The van der Waals surface area contributed by atoms with Gasteiger partial charge in [0, 0.05) is 12.0 Å². The van der Waals surface area contributed by atoms with Crippen LogP contribution in [0.5, 0.6) is 5.75 Å². The summed E-state index contributed by atoms with van der Waals surface area (Å²) in [5, 5.41) is 2.70. The van der Waals surface area contributed by atoms with Crippen LogP contribution in [0.15, 0.2) is 54.6 Å². The first-order chi connectivity index (χ1) is 15.7. The van der Waals surface area contributed by atoms with Gasteiger partial charge in [0.2, 0.25) is 0 Å². The topological polar surface area (TPSA) is 64.6 Å². The van der Waals surface area contributed by atoms with Gasteiger partial charge < -0.3 is 14.8 Å². The summed E-state index contributed by atoms with van der Waals surface area (Å²) in [6, 6.07) is 18.8. The molecular weight excluding hydrogens is 414 g/mol. The van der Waals surface area contributed by atoms with E-state index in [1.165, 1.54) is 30.4 Å². The van der Waals surface area contributed by atoms with Crippen LogP contribution in [0.2, 0.25) is 0 Å². The summed E-state index contributed by atoms with van der Waals surface area (Å²) in [6.07, 6.45) is 5.74. The van der Waals surface area contributed by atoms with Crippen molar-refractivity contribution < 1.29 is 19.1 Å². The number of esters is 1. The first kappa shape index (κ1) is 24.8. The highest BCUT2D eigenvalue weighted by Gasteiger charge is 2.35. The van der Waals surface area contributed by atoms with E-state index in [0.717, 1.165) is 12.8 Å². The van der Waals surface area contributed by atoms with Crippen LogP contribution in [0.1, 0.15) is 77.3 Å². The summed E-state index contributed by atoms with van der Waals surface area (Å²) < 4.78 is 10.8. The molecule has 33 heavy (non-hydrogen) atoms. The van der Waals surface area contributed by atoms with Crippen molar-refractivity contribution in [2.45, 2.75) is 77.2 Å². The van der Waals surface area contributed by atoms with Crippen LogP contribution in [0.3, 0.4) is 0 Å². The van der Waals surface area contributed by atoms with Crippen LogP contribution in [-0.2, 0) is 14.9 Å². The van der Waals surface area contributed by atoms with E-state index < -0.39 is 11.7 Å². The van der Waals surface area contributed by atoms with Crippen molar-refractivity contribution in [3.05, 3.63) is 65.7 Å². The molecule has 0 radical (unpaired) electrons. The number of hydrogen-bond donors (Lipinski definition) is 1. The third-order valence-corrected chi connectivity index (χ3v) is 6.18. The molecule has 0 aromatic heterocycles. The molecule has 0 aliphatic heterocycles. The van der Waals surface area contributed by atoms with Gasteiger partial charge in [-0.15, -0.1) is 0 Å². The Bertz CT molecular complexity index is 909. The van der Waals surface area contributed by atoms with Gasteiger partial charge in [0.25, 0.3) is 0 Å². The Morgan fingerprint density at radius 3 is 2.15 bits per heavy atom. The molecule has 0 saturated heterocycles. The molecule has 2 aromatic carbocycles. The van der Waals surface area contributed by atoms with Gasteiger partial charge in [-0.05, 0) is 62.8 Å². The van der Waals surface area contributed by atoms with Crippen molar-refractivity contribution in [3.63, 3.8) is 0 Å². The number of amides is 1. The second-order valence-corrected chi connectivity index (χ2v) is 10.2. The minimum Gasteiger partial charge on any atom is -0.444 e. The van der Waals surface area contributed by atoms with Crippen molar-refractivity contribution in [1.82, 2.24) is 5.32 Å². The Morgan fingerprint density at radius 1 is 0.939 bits per heavy atom. The number of nitrogens with one attached hydrogen (secondary N) is 1. The van der Waals surface area contributed by atoms with E-state index in [1.807, 2.05) is 39.8 Å². The molecule has 1 aliphatic carbocycles. The quantitative estimate of drug-likeness (QED) is 0.391. The Balaban J connectivity index is 1.57. The molecule has 0 heterocycles. The van der Waals surface area contributed by atoms with Gasteiger partial charge in [0.05, 0.1) is 6.42 Å². The summed E-state index contributed by atoms with van der Waals surface area (Å²) in [5.41, 5.74) is 2.13. The van der Waals surface area contributed by atoms with Gasteiger partial charge in [-0.3, -0.25) is 4.79 Å². The van der Waals surface area contributed by atoms with Crippen molar-refractivity contribution in [3.8, 4) is 5.75 Å². The average Bonchev–Trinajstić information content (AvgIpc) is 2.78. The summed E-state index contributed by atoms with van der Waals surface area (Å²) in [5.74, 6) is 0.180. The van der Waals surface area contributed by atoms with Crippen molar-refractivity contribution in [1.29, 1.82) is 0 Å². The predicted molar refractivity (Wildman–Crippen MR) is 130 cm³/mol. The lowest BCUT2D eigenvalue weighted by Crippen LogP contribution is -2.35. The number of benzene rings is 2. The minimum atomic E-state index is -0.546. The summed E-state index contributed by atoms with van der Waals surface area (Å²) >= 11 is 0. The van der Waals surface area contributed by atoms with E-state index in [0.29, 0.717) is 12.3 Å². The van der Waals surface area contributed by atoms with Crippen LogP contribution in [0.4, 0.5) is 4.79 Å². The Morgan fingerprint density at radius 2 is 1.55 bits per heavy atom. The number of hydrogen-bond acceptors (Lipinski definition) is 4. The first-order valence-corrected chi connectivity index (χ1v) is 12.0. The molecule has 5 heteroatoms. The highest BCUT2D eigenvalue weighted by Crippen LogP contribution is 2.45. The highest BCUT2D eigenvalue weighted by atomic mass is 16.6. The van der Waals surface area contributed by atoms with Crippen molar-refractivity contribution in [2.75, 3.05) is 6.54 Å². The van der Waals surface area contributed by atoms with Crippen LogP contribution < -0.4 is 10.1 Å². The van der Waals surface area contributed by atoms with Gasteiger partial charge in [0.1, 0.15) is 11.4 Å². The SMILES string of the molecule is CC(CNC(=O)OC(C)(C)C)CC(=O)Oc1ccc(C2(c3ccccc3)CCCCC2)cc1. The van der Waals surface area contributed by atoms with E-state index >= 15 is 0 Å². The zero-order chi connectivity index (χ0) is 23.9. The number of alkyl carbamates (subject to hydrolysis) is 1. The Hall–Kier alpha value is -2.82. The molecule has 1 amide bonds. The van der Waals surface area contributed by atoms with Gasteiger partial charge in [-0.1, -0.05) is 68.7 Å². The molecule has 0 spiro atoms. The fraction of sp³-hybridized carbons (Fsp3) is 0.500. The highest BCUT2D eigenvalue weighted by molar-refractivity contribution is 5.73. The van der Waals surface area contributed by atoms with E-state index in [2.05, 4.69) is 47.8 Å². The zero-order valence-corrected chi connectivity index (χ0v) is 20.4. The van der Waals surface area contributed by atoms with E-state index in [9.17, 15) is 9.59 Å². The van der Waals surface area contributed by atoms with Crippen LogP contribution in [0, 0.1) is 5.92 Å². The summed E-state index contributed by atoms with van der Waals surface area (Å²) in [4.78, 5) is 24.2. The fourth-order valence-corrected chi connectivity index (χ4v) is 4.60. The Kier molecular flexibility index (Phi) is 8.17. The number of carbonyl (C=O) groups excluding carboxylic acids is 2. The van der Waals surface area contributed by atoms with E-state index in [1.54, 1.807) is 0 Å². The molecular formula is C28H37NO4. The number of rotatable bonds is 7. The predicted octanol–water partition coefficient (Wildman–Crippen LogP) is 6.39. The number of carbonyl (C=O) groups is 2. The van der Waals surface area contributed by atoms with Crippen molar-refractivity contribution in [2.24, 2.45) is 5.92 Å². The van der Waals surface area contributed by atoms with Gasteiger partial charge in [-0.25, -0.2) is 4.79 Å². The molecule has 0 bridgehead atoms. The van der Waals surface area contributed by atoms with Crippen LogP contribution in [-0.4, -0.2) is 24.2 Å². The monoisotopic (exact) mass is 451 g/mol. The smallest absolute Gasteiger partial charge is 0.407 e. The molecule has 1 N–H and O–H groups in total. The standard InChI is InChI=1S/C28H37NO4/c1-21(20-29-26(31)33-27(2,3)4)19-25(30)32-24-15-13-23(14-16-24)28(17-9-6-10-18-28)22-11-7-5-8-12-22/h5,7-8,11-16,21H,6,9-10,17-20H2,1-4H3,(H,29,31). The normalized spacial score (nSPS) is 16.5. The maximum atomic E-state index is 12.4. The molecule has 3 rings (SSSR count). The molecule has 5 nitrogen and oxygen atoms in total. The average molecular weight is 452 g/mol. The van der Waals surface area contributed by atoms with Crippen molar-refractivity contribution >= 4 is 12.1 Å². The third-order valence-electron chi connectivity index (χ3n) is 6.18. The molecule has 178 valence electrons. The van der Waals surface area contributed by atoms with Gasteiger partial charge in [-0.2, -0.15) is 0 Å². The molecule has 1 unspecified atom stereocenters. The van der Waals surface area contributed by atoms with Gasteiger partial charge in [0.15, 0.2) is 0 Å². The summed E-state index contributed by atoms with van der Waals surface area (Å²) in [6.45, 7) is 7.69. The number of ether oxygens (including phenoxy) is 2. The molecule has 1 aliphatic rings. The lowest BCUT2D eigenvalue weighted by Gasteiger charge is -2.38. The largest absolute Gasteiger partial charge is 0.444 e. The molecule has 2 aromatic rings. The Labute approximate surface area is 197 Å². The lowest BCUT2D eigenvalue weighted by molar-refractivity contribution is -0.135. The lowest BCUT2D eigenvalue weighted by atomic mass is 9.65. The molecule has 1 saturated carbocycles. The first-order valence-electron chi connectivity index (χ1n) is 12.0. The van der Waals surface area contributed by atoms with Crippen LogP contribution in [0.25, 0.3) is 0 Å². The maximum absolute atomic E-state index is 12.4. The third kappa shape index (κ3) is 7.08. The fourth-order valence-electron chi connectivity index (χ4n) is 4.60.